The van der Waals surface area contributed by atoms with Gasteiger partial charge in [0.25, 0.3) is 0 Å². The largest absolute Gasteiger partial charge is 0.339 e. The van der Waals surface area contributed by atoms with Crippen LogP contribution in [0.2, 0.25) is 0 Å². The number of likely N-dealkylation sites (tertiary alicyclic amines) is 1. The average molecular weight is 323 g/mol. The highest BCUT2D eigenvalue weighted by atomic mass is 35.5. The van der Waals surface area contributed by atoms with Gasteiger partial charge in [0.2, 0.25) is 5.91 Å². The smallest absolute Gasteiger partial charge is 0.224 e. The van der Waals surface area contributed by atoms with Crippen LogP contribution in [0.25, 0.3) is 0 Å². The molecule has 1 N–H and O–H groups in total. The van der Waals surface area contributed by atoms with Crippen molar-refractivity contribution in [1.82, 2.24) is 10.2 Å². The van der Waals surface area contributed by atoms with Gasteiger partial charge in [-0.3, -0.25) is 4.79 Å². The molecular formula is C18H27ClN2O. The molecule has 0 bridgehead atoms. The molecule has 3 unspecified atom stereocenters. The summed E-state index contributed by atoms with van der Waals surface area (Å²) in [5.74, 6) is 0.833. The first kappa shape index (κ1) is 17.3. The molecular weight excluding hydrogens is 296 g/mol. The van der Waals surface area contributed by atoms with Crippen molar-refractivity contribution >= 4 is 18.3 Å². The highest BCUT2D eigenvalue weighted by molar-refractivity contribution is 5.85. The van der Waals surface area contributed by atoms with E-state index in [1.54, 1.807) is 0 Å². The van der Waals surface area contributed by atoms with Crippen molar-refractivity contribution in [2.75, 3.05) is 13.1 Å². The molecule has 3 atom stereocenters. The normalized spacial score (nSPS) is 27.7. The summed E-state index contributed by atoms with van der Waals surface area (Å²) in [6, 6.07) is 9.36. The van der Waals surface area contributed by atoms with Crippen LogP contribution in [0.1, 0.15) is 49.7 Å². The molecule has 0 spiro atoms. The van der Waals surface area contributed by atoms with Crippen molar-refractivity contribution < 1.29 is 4.79 Å². The fourth-order valence-electron chi connectivity index (χ4n) is 3.91. The van der Waals surface area contributed by atoms with Crippen LogP contribution in [0, 0.1) is 6.92 Å². The quantitative estimate of drug-likeness (QED) is 0.926. The maximum absolute atomic E-state index is 12.6. The van der Waals surface area contributed by atoms with Crippen LogP contribution < -0.4 is 5.32 Å². The molecule has 1 aromatic rings. The standard InChI is InChI=1S/C18H26N2O.ClH/c1-13-6-3-4-8-17(13)15-10-14(2)20(12-15)18(21)11-16-7-5-9-19-16;/h3-4,6,8,14-16,19H,5,7,9-12H2,1-2H3;1H. The zero-order valence-electron chi connectivity index (χ0n) is 13.5. The van der Waals surface area contributed by atoms with Crippen LogP contribution in [0.4, 0.5) is 0 Å². The van der Waals surface area contributed by atoms with E-state index in [-0.39, 0.29) is 12.4 Å². The summed E-state index contributed by atoms with van der Waals surface area (Å²) in [7, 11) is 0. The molecule has 2 saturated heterocycles. The molecule has 2 aliphatic heterocycles. The number of nitrogens with one attached hydrogen (secondary N) is 1. The minimum absolute atomic E-state index is 0. The Morgan fingerprint density at radius 2 is 2.14 bits per heavy atom. The van der Waals surface area contributed by atoms with Crippen LogP contribution in [0.15, 0.2) is 24.3 Å². The highest BCUT2D eigenvalue weighted by Gasteiger charge is 2.34. The summed E-state index contributed by atoms with van der Waals surface area (Å²) in [5.41, 5.74) is 2.76. The Morgan fingerprint density at radius 3 is 2.82 bits per heavy atom. The average Bonchev–Trinajstić information content (AvgIpc) is 3.09. The third kappa shape index (κ3) is 3.64. The minimum atomic E-state index is 0. The third-order valence-corrected chi connectivity index (χ3v) is 5.11. The number of benzene rings is 1. The minimum Gasteiger partial charge on any atom is -0.339 e. The Bertz CT molecular complexity index is 514. The first-order valence-electron chi connectivity index (χ1n) is 8.23. The summed E-state index contributed by atoms with van der Waals surface area (Å²) < 4.78 is 0. The van der Waals surface area contributed by atoms with Gasteiger partial charge in [0.15, 0.2) is 0 Å². The summed E-state index contributed by atoms with van der Waals surface area (Å²) in [6.07, 6.45) is 4.12. The second-order valence-electron chi connectivity index (χ2n) is 6.68. The number of halogens is 1. The summed E-state index contributed by atoms with van der Waals surface area (Å²) in [4.78, 5) is 14.7. The van der Waals surface area contributed by atoms with Gasteiger partial charge in [0.1, 0.15) is 0 Å². The molecule has 1 amide bonds. The zero-order valence-corrected chi connectivity index (χ0v) is 14.4. The Hall–Kier alpha value is -1.06. The monoisotopic (exact) mass is 322 g/mol. The first-order chi connectivity index (χ1) is 10.1. The Kier molecular flexibility index (Phi) is 5.87. The lowest BCUT2D eigenvalue weighted by atomic mass is 9.93. The Balaban J connectivity index is 0.00000176. The van der Waals surface area contributed by atoms with Gasteiger partial charge in [-0.1, -0.05) is 24.3 Å². The molecule has 3 nitrogen and oxygen atoms in total. The van der Waals surface area contributed by atoms with E-state index in [0.717, 1.165) is 25.9 Å². The predicted octanol–water partition coefficient (Wildman–Crippen LogP) is 3.26. The van der Waals surface area contributed by atoms with Crippen LogP contribution >= 0.6 is 12.4 Å². The molecule has 1 aromatic carbocycles. The first-order valence-corrected chi connectivity index (χ1v) is 8.23. The van der Waals surface area contributed by atoms with Crippen LogP contribution in [-0.4, -0.2) is 36.0 Å². The van der Waals surface area contributed by atoms with Crippen molar-refractivity contribution in [3.05, 3.63) is 35.4 Å². The highest BCUT2D eigenvalue weighted by Crippen LogP contribution is 2.33. The van der Waals surface area contributed by atoms with E-state index in [1.165, 1.54) is 17.5 Å². The molecule has 2 heterocycles. The summed E-state index contributed by atoms with van der Waals surface area (Å²) >= 11 is 0. The van der Waals surface area contributed by atoms with Crippen molar-refractivity contribution in [2.24, 2.45) is 0 Å². The van der Waals surface area contributed by atoms with Crippen LogP contribution in [0.3, 0.4) is 0 Å². The lowest BCUT2D eigenvalue weighted by Crippen LogP contribution is -2.37. The number of amides is 1. The van der Waals surface area contributed by atoms with Crippen molar-refractivity contribution in [3.63, 3.8) is 0 Å². The molecule has 0 radical (unpaired) electrons. The second-order valence-corrected chi connectivity index (χ2v) is 6.68. The molecule has 2 fully saturated rings. The molecule has 122 valence electrons. The zero-order chi connectivity index (χ0) is 14.8. The number of carbonyl (C=O) groups is 1. The van der Waals surface area contributed by atoms with Crippen molar-refractivity contribution in [2.45, 2.75) is 57.5 Å². The van der Waals surface area contributed by atoms with E-state index in [0.29, 0.717) is 30.3 Å². The van der Waals surface area contributed by atoms with Crippen LogP contribution in [0.5, 0.6) is 0 Å². The van der Waals surface area contributed by atoms with Gasteiger partial charge in [-0.05, 0) is 50.8 Å². The molecule has 0 aliphatic carbocycles. The van der Waals surface area contributed by atoms with E-state index in [2.05, 4.69) is 48.3 Å². The van der Waals surface area contributed by atoms with Gasteiger partial charge < -0.3 is 10.2 Å². The number of hydrogen-bond donors (Lipinski definition) is 1. The summed E-state index contributed by atoms with van der Waals surface area (Å²) in [6.45, 7) is 6.32. The Morgan fingerprint density at radius 1 is 1.36 bits per heavy atom. The molecule has 3 rings (SSSR count). The van der Waals surface area contributed by atoms with E-state index < -0.39 is 0 Å². The second kappa shape index (κ2) is 7.47. The Labute approximate surface area is 139 Å². The van der Waals surface area contributed by atoms with Gasteiger partial charge in [0, 0.05) is 31.0 Å². The van der Waals surface area contributed by atoms with Crippen molar-refractivity contribution in [1.29, 1.82) is 0 Å². The molecule has 22 heavy (non-hydrogen) atoms. The SMILES string of the molecule is Cc1ccccc1C1CC(C)N(C(=O)CC2CCCN2)C1.Cl. The van der Waals surface area contributed by atoms with Gasteiger partial charge in [0.05, 0.1) is 0 Å². The van der Waals surface area contributed by atoms with E-state index in [1.807, 2.05) is 0 Å². The van der Waals surface area contributed by atoms with Gasteiger partial charge >= 0.3 is 0 Å². The predicted molar refractivity (Wildman–Crippen MR) is 92.6 cm³/mol. The fraction of sp³-hybridized carbons (Fsp3) is 0.611. The molecule has 2 aliphatic rings. The number of aryl methyl sites for hydroxylation is 1. The summed E-state index contributed by atoms with van der Waals surface area (Å²) in [5, 5.41) is 3.43. The van der Waals surface area contributed by atoms with E-state index in [4.69, 9.17) is 0 Å². The van der Waals surface area contributed by atoms with Crippen LogP contribution in [-0.2, 0) is 4.79 Å². The molecule has 4 heteroatoms. The molecule has 0 saturated carbocycles. The van der Waals surface area contributed by atoms with Gasteiger partial charge in [-0.25, -0.2) is 0 Å². The number of carbonyl (C=O) groups excluding carboxylic acids is 1. The van der Waals surface area contributed by atoms with Gasteiger partial charge in [-0.2, -0.15) is 0 Å². The fourth-order valence-corrected chi connectivity index (χ4v) is 3.91. The topological polar surface area (TPSA) is 32.3 Å². The number of nitrogens with zero attached hydrogens (tertiary/aromatic N) is 1. The maximum atomic E-state index is 12.6. The lowest BCUT2D eigenvalue weighted by molar-refractivity contribution is -0.132. The lowest BCUT2D eigenvalue weighted by Gasteiger charge is -2.23. The van der Waals surface area contributed by atoms with E-state index >= 15 is 0 Å². The van der Waals surface area contributed by atoms with E-state index in [9.17, 15) is 4.79 Å². The van der Waals surface area contributed by atoms with Gasteiger partial charge in [-0.15, -0.1) is 12.4 Å². The maximum Gasteiger partial charge on any atom is 0.224 e. The number of hydrogen-bond acceptors (Lipinski definition) is 2. The third-order valence-electron chi connectivity index (χ3n) is 5.11. The van der Waals surface area contributed by atoms with Crippen molar-refractivity contribution in [3.8, 4) is 0 Å². The number of rotatable bonds is 3. The molecule has 0 aromatic heterocycles.